The molecule has 82 valence electrons. The Morgan fingerprint density at radius 3 is 2.43 bits per heavy atom. The Kier molecular flexibility index (Phi) is 3.57. The van der Waals surface area contributed by atoms with Crippen LogP contribution in [0.15, 0.2) is 4.99 Å². The van der Waals surface area contributed by atoms with Crippen LogP contribution < -0.4 is 5.73 Å². The summed E-state index contributed by atoms with van der Waals surface area (Å²) in [5.41, 5.74) is 5.95. The number of hydrogen-bond acceptors (Lipinski definition) is 1. The predicted molar refractivity (Wildman–Crippen MR) is 62.4 cm³/mol. The first-order valence-corrected chi connectivity index (χ1v) is 5.71. The van der Waals surface area contributed by atoms with Gasteiger partial charge in [0.05, 0.1) is 5.84 Å². The molecule has 1 aliphatic carbocycles. The highest BCUT2D eigenvalue weighted by Gasteiger charge is 2.23. The van der Waals surface area contributed by atoms with Gasteiger partial charge in [0, 0.05) is 12.0 Å². The van der Waals surface area contributed by atoms with E-state index in [9.17, 15) is 0 Å². The molecular weight excluding hydrogens is 172 g/mol. The smallest absolute Gasteiger partial charge is 0.0991 e. The van der Waals surface area contributed by atoms with Crippen molar-refractivity contribution >= 4 is 5.84 Å². The molecule has 0 aromatic carbocycles. The van der Waals surface area contributed by atoms with Crippen LogP contribution in [-0.2, 0) is 0 Å². The summed E-state index contributed by atoms with van der Waals surface area (Å²) in [7, 11) is 0. The lowest BCUT2D eigenvalue weighted by molar-refractivity contribution is 0.427. The number of rotatable bonds is 2. The Bertz CT molecular complexity index is 213. The molecule has 14 heavy (non-hydrogen) atoms. The largest absolute Gasteiger partial charge is 0.387 e. The van der Waals surface area contributed by atoms with Crippen LogP contribution in [0.3, 0.4) is 0 Å². The third-order valence-corrected chi connectivity index (χ3v) is 3.30. The highest BCUT2D eigenvalue weighted by molar-refractivity contribution is 5.85. The molecular formula is C12H24N2. The fourth-order valence-electron chi connectivity index (χ4n) is 1.95. The van der Waals surface area contributed by atoms with Crippen LogP contribution in [0, 0.1) is 17.3 Å². The molecule has 1 aliphatic rings. The van der Waals surface area contributed by atoms with E-state index in [-0.39, 0.29) is 5.41 Å². The molecule has 0 bridgehead atoms. The first-order valence-electron chi connectivity index (χ1n) is 5.71. The topological polar surface area (TPSA) is 38.4 Å². The fourth-order valence-corrected chi connectivity index (χ4v) is 1.95. The minimum absolute atomic E-state index is 0.0296. The molecule has 0 aromatic heterocycles. The van der Waals surface area contributed by atoms with E-state index in [0.29, 0.717) is 0 Å². The summed E-state index contributed by atoms with van der Waals surface area (Å²) in [6.45, 7) is 9.61. The van der Waals surface area contributed by atoms with E-state index in [0.717, 1.165) is 24.2 Å². The summed E-state index contributed by atoms with van der Waals surface area (Å²) in [4.78, 5) is 4.52. The highest BCUT2D eigenvalue weighted by atomic mass is 14.9. The molecule has 0 aromatic rings. The van der Waals surface area contributed by atoms with Gasteiger partial charge in [0.25, 0.3) is 0 Å². The maximum atomic E-state index is 5.92. The molecule has 2 N–H and O–H groups in total. The quantitative estimate of drug-likeness (QED) is 0.535. The second kappa shape index (κ2) is 4.33. The molecule has 2 heteroatoms. The highest BCUT2D eigenvalue weighted by Crippen LogP contribution is 2.31. The first kappa shape index (κ1) is 11.5. The van der Waals surface area contributed by atoms with Gasteiger partial charge in [0.15, 0.2) is 0 Å². The van der Waals surface area contributed by atoms with Crippen LogP contribution in [0.2, 0.25) is 0 Å². The van der Waals surface area contributed by atoms with Crippen LogP contribution >= 0.6 is 0 Å². The van der Waals surface area contributed by atoms with Gasteiger partial charge in [-0.2, -0.15) is 0 Å². The van der Waals surface area contributed by atoms with Crippen LogP contribution in [0.5, 0.6) is 0 Å². The van der Waals surface area contributed by atoms with Crippen LogP contribution in [0.4, 0.5) is 0 Å². The van der Waals surface area contributed by atoms with Crippen molar-refractivity contribution < 1.29 is 0 Å². The normalized spacial score (nSPS) is 29.6. The van der Waals surface area contributed by atoms with E-state index in [1.165, 1.54) is 19.3 Å². The van der Waals surface area contributed by atoms with Gasteiger partial charge in [0.1, 0.15) is 0 Å². The van der Waals surface area contributed by atoms with Gasteiger partial charge in [-0.3, -0.25) is 4.99 Å². The maximum absolute atomic E-state index is 5.92. The molecule has 0 saturated heterocycles. The Balaban J connectivity index is 2.46. The Labute approximate surface area is 88.0 Å². The minimum atomic E-state index is 0.0296. The number of amidine groups is 1. The third-order valence-electron chi connectivity index (χ3n) is 3.30. The minimum Gasteiger partial charge on any atom is -0.387 e. The van der Waals surface area contributed by atoms with Crippen molar-refractivity contribution in [2.45, 2.75) is 47.0 Å². The SMILES string of the molecule is CC1CCCC1CN=C(N)C(C)(C)C. The van der Waals surface area contributed by atoms with E-state index in [1.54, 1.807) is 0 Å². The molecule has 2 atom stereocenters. The molecule has 0 spiro atoms. The molecule has 1 saturated carbocycles. The van der Waals surface area contributed by atoms with Gasteiger partial charge in [-0.25, -0.2) is 0 Å². The Morgan fingerprint density at radius 1 is 1.36 bits per heavy atom. The van der Waals surface area contributed by atoms with Crippen molar-refractivity contribution in [3.63, 3.8) is 0 Å². The zero-order valence-electron chi connectivity index (χ0n) is 10.0. The van der Waals surface area contributed by atoms with Crippen LogP contribution in [0.25, 0.3) is 0 Å². The summed E-state index contributed by atoms with van der Waals surface area (Å²) in [6, 6.07) is 0. The van der Waals surface area contributed by atoms with Crippen molar-refractivity contribution in [2.75, 3.05) is 6.54 Å². The van der Waals surface area contributed by atoms with Gasteiger partial charge in [0.2, 0.25) is 0 Å². The van der Waals surface area contributed by atoms with E-state index in [4.69, 9.17) is 5.73 Å². The molecule has 0 heterocycles. The number of hydrogen-bond donors (Lipinski definition) is 1. The monoisotopic (exact) mass is 196 g/mol. The average Bonchev–Trinajstić information content (AvgIpc) is 2.45. The lowest BCUT2D eigenvalue weighted by atomic mass is 9.94. The number of nitrogens with zero attached hydrogens (tertiary/aromatic N) is 1. The molecule has 2 unspecified atom stereocenters. The zero-order valence-corrected chi connectivity index (χ0v) is 10.0. The summed E-state index contributed by atoms with van der Waals surface area (Å²) >= 11 is 0. The molecule has 0 radical (unpaired) electrons. The van der Waals surface area contributed by atoms with Crippen molar-refractivity contribution in [3.8, 4) is 0 Å². The van der Waals surface area contributed by atoms with Crippen molar-refractivity contribution in [1.29, 1.82) is 0 Å². The Morgan fingerprint density at radius 2 is 2.00 bits per heavy atom. The summed E-state index contributed by atoms with van der Waals surface area (Å²) < 4.78 is 0. The van der Waals surface area contributed by atoms with E-state index in [1.807, 2.05) is 0 Å². The van der Waals surface area contributed by atoms with Gasteiger partial charge in [-0.1, -0.05) is 40.5 Å². The van der Waals surface area contributed by atoms with Crippen molar-refractivity contribution in [3.05, 3.63) is 0 Å². The lowest BCUT2D eigenvalue weighted by Crippen LogP contribution is -2.29. The number of nitrogens with two attached hydrogens (primary N) is 1. The first-order chi connectivity index (χ1) is 6.41. The maximum Gasteiger partial charge on any atom is 0.0991 e. The van der Waals surface area contributed by atoms with Crippen LogP contribution in [-0.4, -0.2) is 12.4 Å². The standard InChI is InChI=1S/C12H24N2/c1-9-6-5-7-10(9)8-14-11(13)12(2,3)4/h9-10H,5-8H2,1-4H3,(H2,13,14). The van der Waals surface area contributed by atoms with Gasteiger partial charge in [-0.15, -0.1) is 0 Å². The van der Waals surface area contributed by atoms with Crippen molar-refractivity contribution in [2.24, 2.45) is 28.0 Å². The summed E-state index contributed by atoms with van der Waals surface area (Å²) in [5, 5.41) is 0. The van der Waals surface area contributed by atoms with E-state index < -0.39 is 0 Å². The molecule has 2 nitrogen and oxygen atoms in total. The predicted octanol–water partition coefficient (Wildman–Crippen LogP) is 2.83. The Hall–Kier alpha value is -0.530. The molecule has 1 fully saturated rings. The number of aliphatic imine (C=N–C) groups is 1. The van der Waals surface area contributed by atoms with Gasteiger partial charge in [-0.05, 0) is 18.3 Å². The molecule has 1 rings (SSSR count). The fraction of sp³-hybridized carbons (Fsp3) is 0.917. The van der Waals surface area contributed by atoms with Crippen molar-refractivity contribution in [1.82, 2.24) is 0 Å². The zero-order chi connectivity index (χ0) is 10.8. The second-order valence-corrected chi connectivity index (χ2v) is 5.64. The van der Waals surface area contributed by atoms with Gasteiger partial charge < -0.3 is 5.73 Å². The molecule has 0 amide bonds. The average molecular weight is 196 g/mol. The molecule has 0 aliphatic heterocycles. The van der Waals surface area contributed by atoms with Gasteiger partial charge >= 0.3 is 0 Å². The summed E-state index contributed by atoms with van der Waals surface area (Å²) in [5.74, 6) is 2.42. The second-order valence-electron chi connectivity index (χ2n) is 5.64. The van der Waals surface area contributed by atoms with Crippen LogP contribution in [0.1, 0.15) is 47.0 Å². The summed E-state index contributed by atoms with van der Waals surface area (Å²) in [6.07, 6.45) is 4.08. The lowest BCUT2D eigenvalue weighted by Gasteiger charge is -2.19. The van der Waals surface area contributed by atoms with E-state index in [2.05, 4.69) is 32.7 Å². The van der Waals surface area contributed by atoms with E-state index >= 15 is 0 Å². The third kappa shape index (κ3) is 3.00.